The number of benzene rings is 1. The van der Waals surface area contributed by atoms with Gasteiger partial charge in [-0.1, -0.05) is 30.3 Å². The summed E-state index contributed by atoms with van der Waals surface area (Å²) < 4.78 is 0. The number of hydrogen-bond acceptors (Lipinski definition) is 2. The van der Waals surface area contributed by atoms with Gasteiger partial charge < -0.3 is 0 Å². The molecule has 0 aromatic heterocycles. The third kappa shape index (κ3) is 1.83. The fraction of sp³-hybridized carbons (Fsp3) is 0.273. The van der Waals surface area contributed by atoms with E-state index in [-0.39, 0.29) is 11.8 Å². The first-order valence-electron chi connectivity index (χ1n) is 4.80. The number of hydrazine groups is 1. The molecular formula is C11H12N2O2. The van der Waals surface area contributed by atoms with Crippen LogP contribution in [0.4, 0.5) is 0 Å². The Balaban J connectivity index is 2.13. The predicted molar refractivity (Wildman–Crippen MR) is 54.5 cm³/mol. The number of nitrogens with one attached hydrogen (secondary N) is 1. The second kappa shape index (κ2) is 3.73. The summed E-state index contributed by atoms with van der Waals surface area (Å²) in [6.45, 7) is 0. The smallest absolute Gasteiger partial charge is 0.253 e. The molecular weight excluding hydrogens is 192 g/mol. The normalized spacial score (nSPS) is 20.6. The highest BCUT2D eigenvalue weighted by atomic mass is 16.2. The summed E-state index contributed by atoms with van der Waals surface area (Å²) in [6.07, 6.45) is 0.468. The summed E-state index contributed by atoms with van der Waals surface area (Å²) in [5.41, 5.74) is 3.48. The molecule has 1 aromatic carbocycles. The van der Waals surface area contributed by atoms with E-state index >= 15 is 0 Å². The third-order valence-electron chi connectivity index (χ3n) is 2.51. The Morgan fingerprint density at radius 2 is 1.93 bits per heavy atom. The van der Waals surface area contributed by atoms with Crippen molar-refractivity contribution in [3.8, 4) is 0 Å². The zero-order chi connectivity index (χ0) is 10.8. The number of rotatable bonds is 2. The minimum Gasteiger partial charge on any atom is -0.272 e. The molecule has 15 heavy (non-hydrogen) atoms. The van der Waals surface area contributed by atoms with Crippen LogP contribution in [-0.2, 0) is 16.0 Å². The molecule has 1 N–H and O–H groups in total. The topological polar surface area (TPSA) is 49.4 Å². The zero-order valence-electron chi connectivity index (χ0n) is 8.43. The predicted octanol–water partition coefficient (Wildman–Crippen LogP) is 0.348. The Morgan fingerprint density at radius 1 is 1.27 bits per heavy atom. The fourth-order valence-electron chi connectivity index (χ4n) is 1.67. The van der Waals surface area contributed by atoms with Crippen LogP contribution >= 0.6 is 0 Å². The molecule has 78 valence electrons. The molecule has 0 bridgehead atoms. The van der Waals surface area contributed by atoms with Crippen LogP contribution in [0.3, 0.4) is 0 Å². The first kappa shape index (κ1) is 9.71. The molecule has 1 saturated heterocycles. The maximum atomic E-state index is 11.6. The van der Waals surface area contributed by atoms with Crippen LogP contribution in [0.25, 0.3) is 0 Å². The summed E-state index contributed by atoms with van der Waals surface area (Å²) in [7, 11) is 1.56. The average Bonchev–Trinajstić information content (AvgIpc) is 2.47. The van der Waals surface area contributed by atoms with E-state index in [0.717, 1.165) is 5.56 Å². The molecule has 0 radical (unpaired) electrons. The highest BCUT2D eigenvalue weighted by Gasteiger charge is 2.36. The second-order valence-corrected chi connectivity index (χ2v) is 3.62. The molecule has 1 atom stereocenters. The summed E-state index contributed by atoms with van der Waals surface area (Å²) in [5.74, 6) is -0.951. The van der Waals surface area contributed by atoms with Crippen LogP contribution in [0.2, 0.25) is 0 Å². The van der Waals surface area contributed by atoms with Crippen molar-refractivity contribution >= 4 is 11.8 Å². The van der Waals surface area contributed by atoms with Gasteiger partial charge in [0.15, 0.2) is 0 Å². The van der Waals surface area contributed by atoms with Gasteiger partial charge in [0, 0.05) is 7.05 Å². The Morgan fingerprint density at radius 3 is 2.47 bits per heavy atom. The molecule has 2 amide bonds. The lowest BCUT2D eigenvalue weighted by Gasteiger charge is -2.06. The van der Waals surface area contributed by atoms with Crippen LogP contribution in [-0.4, -0.2) is 23.9 Å². The highest BCUT2D eigenvalue weighted by molar-refractivity contribution is 6.05. The van der Waals surface area contributed by atoms with Gasteiger partial charge in [-0.15, -0.1) is 0 Å². The Labute approximate surface area is 87.9 Å². The summed E-state index contributed by atoms with van der Waals surface area (Å²) in [5, 5.41) is 1.25. The van der Waals surface area contributed by atoms with E-state index in [9.17, 15) is 9.59 Å². The largest absolute Gasteiger partial charge is 0.272 e. The standard InChI is InChI=1S/C11H12N2O2/c1-13-11(15)9(10(14)12-13)7-8-5-3-2-4-6-8/h2-6,9H,7H2,1H3,(H,12,14). The van der Waals surface area contributed by atoms with Gasteiger partial charge in [-0.3, -0.25) is 20.0 Å². The Bertz CT molecular complexity index is 389. The summed E-state index contributed by atoms with van der Waals surface area (Å²) >= 11 is 0. The van der Waals surface area contributed by atoms with Crippen LogP contribution in [0.15, 0.2) is 30.3 Å². The first-order valence-corrected chi connectivity index (χ1v) is 4.80. The van der Waals surface area contributed by atoms with Crippen molar-refractivity contribution in [2.75, 3.05) is 7.05 Å². The minimum atomic E-state index is -0.572. The fourth-order valence-corrected chi connectivity index (χ4v) is 1.67. The van der Waals surface area contributed by atoms with Crippen molar-refractivity contribution in [3.05, 3.63) is 35.9 Å². The van der Waals surface area contributed by atoms with Crippen LogP contribution in [0, 0.1) is 5.92 Å². The van der Waals surface area contributed by atoms with E-state index < -0.39 is 5.92 Å². The lowest BCUT2D eigenvalue weighted by molar-refractivity contribution is -0.131. The third-order valence-corrected chi connectivity index (χ3v) is 2.51. The van der Waals surface area contributed by atoms with Crippen molar-refractivity contribution in [2.24, 2.45) is 5.92 Å². The monoisotopic (exact) mass is 204 g/mol. The van der Waals surface area contributed by atoms with Crippen molar-refractivity contribution < 1.29 is 9.59 Å². The van der Waals surface area contributed by atoms with E-state index in [0.29, 0.717) is 6.42 Å². The Hall–Kier alpha value is -1.84. The van der Waals surface area contributed by atoms with E-state index in [1.807, 2.05) is 30.3 Å². The number of nitrogens with zero attached hydrogens (tertiary/aromatic N) is 1. The van der Waals surface area contributed by atoms with Gasteiger partial charge in [0.2, 0.25) is 0 Å². The number of carbonyl (C=O) groups excluding carboxylic acids is 2. The molecule has 4 heteroatoms. The van der Waals surface area contributed by atoms with Gasteiger partial charge >= 0.3 is 0 Å². The maximum absolute atomic E-state index is 11.6. The number of carbonyl (C=O) groups is 2. The van der Waals surface area contributed by atoms with Gasteiger partial charge in [-0.05, 0) is 12.0 Å². The summed E-state index contributed by atoms with van der Waals surface area (Å²) in [6, 6.07) is 9.54. The van der Waals surface area contributed by atoms with Crippen molar-refractivity contribution in [1.29, 1.82) is 0 Å². The highest BCUT2D eigenvalue weighted by Crippen LogP contribution is 2.15. The Kier molecular flexibility index (Phi) is 2.41. The SMILES string of the molecule is CN1NC(=O)C(Cc2ccccc2)C1=O. The van der Waals surface area contributed by atoms with E-state index in [4.69, 9.17) is 0 Å². The minimum absolute atomic E-state index is 0.163. The molecule has 1 aliphatic heterocycles. The lowest BCUT2D eigenvalue weighted by atomic mass is 9.99. The molecule has 2 rings (SSSR count). The van der Waals surface area contributed by atoms with Crippen molar-refractivity contribution in [3.63, 3.8) is 0 Å². The van der Waals surface area contributed by atoms with Crippen molar-refractivity contribution in [1.82, 2.24) is 10.4 Å². The molecule has 0 saturated carbocycles. The molecule has 1 heterocycles. The van der Waals surface area contributed by atoms with Crippen molar-refractivity contribution in [2.45, 2.75) is 6.42 Å². The first-order chi connectivity index (χ1) is 7.18. The zero-order valence-corrected chi connectivity index (χ0v) is 8.43. The summed E-state index contributed by atoms with van der Waals surface area (Å²) in [4.78, 5) is 23.0. The molecule has 0 spiro atoms. The molecule has 4 nitrogen and oxygen atoms in total. The molecule has 1 fully saturated rings. The average molecular weight is 204 g/mol. The van der Waals surface area contributed by atoms with Crippen LogP contribution < -0.4 is 5.43 Å². The molecule has 1 aromatic rings. The van der Waals surface area contributed by atoms with Gasteiger partial charge in [0.05, 0.1) is 0 Å². The van der Waals surface area contributed by atoms with E-state index in [1.54, 1.807) is 7.05 Å². The quantitative estimate of drug-likeness (QED) is 0.707. The molecule has 0 aliphatic carbocycles. The number of amides is 2. The van der Waals surface area contributed by atoms with Crippen LogP contribution in [0.5, 0.6) is 0 Å². The number of hydrogen-bond donors (Lipinski definition) is 1. The molecule has 1 unspecified atom stereocenters. The van der Waals surface area contributed by atoms with Gasteiger partial charge in [0.1, 0.15) is 5.92 Å². The molecule has 1 aliphatic rings. The lowest BCUT2D eigenvalue weighted by Crippen LogP contribution is -2.31. The van der Waals surface area contributed by atoms with E-state index in [2.05, 4.69) is 5.43 Å². The van der Waals surface area contributed by atoms with E-state index in [1.165, 1.54) is 5.01 Å². The van der Waals surface area contributed by atoms with Crippen LogP contribution in [0.1, 0.15) is 5.56 Å². The van der Waals surface area contributed by atoms with Gasteiger partial charge in [0.25, 0.3) is 11.8 Å². The maximum Gasteiger partial charge on any atom is 0.253 e. The van der Waals surface area contributed by atoms with Gasteiger partial charge in [-0.25, -0.2) is 0 Å². The second-order valence-electron chi connectivity index (χ2n) is 3.62. The van der Waals surface area contributed by atoms with Gasteiger partial charge in [-0.2, -0.15) is 0 Å².